The number of nitrogens with one attached hydrogen (secondary N) is 3. The van der Waals surface area contributed by atoms with Gasteiger partial charge in [-0.25, -0.2) is 15.0 Å². The van der Waals surface area contributed by atoms with Gasteiger partial charge in [-0.05, 0) is 43.2 Å². The van der Waals surface area contributed by atoms with Crippen molar-refractivity contribution in [3.05, 3.63) is 60.1 Å². The van der Waals surface area contributed by atoms with Crippen molar-refractivity contribution in [1.82, 2.24) is 20.4 Å². The van der Waals surface area contributed by atoms with Crippen molar-refractivity contribution >= 4 is 28.9 Å². The molecule has 2 unspecified atom stereocenters. The molecule has 1 aromatic carbocycles. The summed E-state index contributed by atoms with van der Waals surface area (Å²) in [4.78, 5) is 23.2. The number of halogens is 2. The number of anilines is 1. The predicted octanol–water partition coefficient (Wildman–Crippen LogP) is 3.52. The third-order valence-electron chi connectivity index (χ3n) is 5.40. The maximum atomic E-state index is 12.2. The van der Waals surface area contributed by atoms with Crippen LogP contribution in [0.25, 0.3) is 0 Å². The molecule has 0 amide bonds. The summed E-state index contributed by atoms with van der Waals surface area (Å²) in [7, 11) is 0. The van der Waals surface area contributed by atoms with Crippen LogP contribution in [0.1, 0.15) is 48.1 Å². The molecule has 2 bridgehead atoms. The Labute approximate surface area is 173 Å². The number of aromatic amines is 2. The van der Waals surface area contributed by atoms with Crippen molar-refractivity contribution in [3.8, 4) is 11.6 Å². The van der Waals surface area contributed by atoms with E-state index in [1.54, 1.807) is 12.1 Å². The highest BCUT2D eigenvalue weighted by molar-refractivity contribution is 6.37. The second-order valence-corrected chi connectivity index (χ2v) is 7.94. The predicted molar refractivity (Wildman–Crippen MR) is 105 cm³/mol. The van der Waals surface area contributed by atoms with E-state index < -0.39 is 5.76 Å². The Hall–Kier alpha value is -2.78. The number of hydrogen-bond donors (Lipinski definition) is 3. The number of aromatic nitrogens is 4. The molecule has 0 aliphatic heterocycles. The third kappa shape index (κ3) is 3.20. The van der Waals surface area contributed by atoms with E-state index in [0.717, 1.165) is 30.4 Å². The summed E-state index contributed by atoms with van der Waals surface area (Å²) in [6, 6.07) is 3.26. The standard InChI is InChI=1S/C18H15Cl2N5O4/c19-10-4-9(21-6-12-22-25-18(27)28-12)5-11(20)15(10)29-17-14-8-2-1-7(3-8)13(14)16(26)23-24-17/h4-5,7-8,21H,1-3,6H2,(H,23,26)(H,25,27). The Morgan fingerprint density at radius 3 is 2.52 bits per heavy atom. The summed E-state index contributed by atoms with van der Waals surface area (Å²) in [5.41, 5.74) is 2.09. The first kappa shape index (κ1) is 18.3. The number of rotatable bonds is 5. The highest BCUT2D eigenvalue weighted by atomic mass is 35.5. The summed E-state index contributed by atoms with van der Waals surface area (Å²) in [5.74, 6) is 0.719. The molecule has 1 fully saturated rings. The zero-order chi connectivity index (χ0) is 20.1. The molecule has 2 atom stereocenters. The number of nitrogens with zero attached hydrogens (tertiary/aromatic N) is 2. The van der Waals surface area contributed by atoms with Crippen LogP contribution in [0, 0.1) is 0 Å². The minimum Gasteiger partial charge on any atom is -0.434 e. The van der Waals surface area contributed by atoms with Gasteiger partial charge in [-0.3, -0.25) is 4.79 Å². The lowest BCUT2D eigenvalue weighted by Gasteiger charge is -2.18. The van der Waals surface area contributed by atoms with Crippen LogP contribution in [-0.4, -0.2) is 20.4 Å². The van der Waals surface area contributed by atoms with Crippen LogP contribution in [0.15, 0.2) is 26.1 Å². The highest BCUT2D eigenvalue weighted by Gasteiger charge is 2.42. The topological polar surface area (TPSA) is 126 Å². The van der Waals surface area contributed by atoms with Crippen LogP contribution in [-0.2, 0) is 6.54 Å². The summed E-state index contributed by atoms with van der Waals surface area (Å²) in [6.07, 6.45) is 2.99. The van der Waals surface area contributed by atoms with Gasteiger partial charge in [-0.15, -0.1) is 10.2 Å². The molecule has 150 valence electrons. The van der Waals surface area contributed by atoms with Crippen LogP contribution >= 0.6 is 23.2 Å². The van der Waals surface area contributed by atoms with Crippen molar-refractivity contribution in [2.45, 2.75) is 37.6 Å². The van der Waals surface area contributed by atoms with Gasteiger partial charge in [0.2, 0.25) is 11.8 Å². The fraction of sp³-hybridized carbons (Fsp3) is 0.333. The van der Waals surface area contributed by atoms with E-state index in [1.807, 2.05) is 0 Å². The molecule has 2 aromatic heterocycles. The third-order valence-corrected chi connectivity index (χ3v) is 5.96. The number of benzene rings is 1. The minimum absolute atomic E-state index is 0.152. The van der Waals surface area contributed by atoms with Crippen LogP contribution in [0.3, 0.4) is 0 Å². The fourth-order valence-corrected chi connectivity index (χ4v) is 4.78. The first-order valence-electron chi connectivity index (χ1n) is 9.07. The van der Waals surface area contributed by atoms with Gasteiger partial charge in [0.05, 0.1) is 16.6 Å². The van der Waals surface area contributed by atoms with Gasteiger partial charge in [0, 0.05) is 16.8 Å². The van der Waals surface area contributed by atoms with Gasteiger partial charge < -0.3 is 14.5 Å². The number of fused-ring (bicyclic) bond motifs is 5. The van der Waals surface area contributed by atoms with Crippen LogP contribution in [0.5, 0.6) is 11.6 Å². The van der Waals surface area contributed by atoms with Gasteiger partial charge in [0.15, 0.2) is 5.75 Å². The van der Waals surface area contributed by atoms with Crippen molar-refractivity contribution in [2.75, 3.05) is 5.32 Å². The molecule has 0 spiro atoms. The molecule has 11 heteroatoms. The largest absolute Gasteiger partial charge is 0.434 e. The van der Waals surface area contributed by atoms with Gasteiger partial charge in [0.1, 0.15) is 0 Å². The summed E-state index contributed by atoms with van der Waals surface area (Å²) >= 11 is 12.8. The monoisotopic (exact) mass is 435 g/mol. The Balaban J connectivity index is 1.41. The molecule has 29 heavy (non-hydrogen) atoms. The normalized spacial score (nSPS) is 19.4. The molecule has 2 aliphatic carbocycles. The van der Waals surface area contributed by atoms with E-state index in [1.165, 1.54) is 0 Å². The molecule has 3 N–H and O–H groups in total. The molecular weight excluding hydrogens is 421 g/mol. The second kappa shape index (κ2) is 6.93. The van der Waals surface area contributed by atoms with E-state index in [-0.39, 0.29) is 45.6 Å². The van der Waals surface area contributed by atoms with E-state index in [4.69, 9.17) is 32.4 Å². The highest BCUT2D eigenvalue weighted by Crippen LogP contribution is 2.54. The van der Waals surface area contributed by atoms with Crippen LogP contribution in [0.2, 0.25) is 10.0 Å². The second-order valence-electron chi connectivity index (χ2n) is 7.12. The lowest BCUT2D eigenvalue weighted by Crippen LogP contribution is -2.19. The zero-order valence-electron chi connectivity index (χ0n) is 14.9. The minimum atomic E-state index is -0.628. The van der Waals surface area contributed by atoms with Gasteiger partial charge >= 0.3 is 5.76 Å². The van der Waals surface area contributed by atoms with Crippen LogP contribution < -0.4 is 21.4 Å². The molecule has 3 aromatic rings. The maximum Gasteiger partial charge on any atom is 0.434 e. The summed E-state index contributed by atoms with van der Waals surface area (Å²) in [5, 5.41) is 16.1. The number of ether oxygens (including phenoxy) is 1. The fourth-order valence-electron chi connectivity index (χ4n) is 4.21. The van der Waals surface area contributed by atoms with Crippen molar-refractivity contribution in [2.24, 2.45) is 0 Å². The van der Waals surface area contributed by atoms with Gasteiger partial charge in [-0.2, -0.15) is 0 Å². The van der Waals surface area contributed by atoms with E-state index in [0.29, 0.717) is 11.6 Å². The molecule has 2 heterocycles. The van der Waals surface area contributed by atoms with Crippen molar-refractivity contribution in [1.29, 1.82) is 0 Å². The van der Waals surface area contributed by atoms with E-state index in [2.05, 4.69) is 25.7 Å². The summed E-state index contributed by atoms with van der Waals surface area (Å²) in [6.45, 7) is 0.170. The smallest absolute Gasteiger partial charge is 0.434 e. The molecule has 1 saturated carbocycles. The van der Waals surface area contributed by atoms with Crippen molar-refractivity contribution < 1.29 is 9.15 Å². The first-order chi connectivity index (χ1) is 14.0. The van der Waals surface area contributed by atoms with E-state index >= 15 is 0 Å². The first-order valence-corrected chi connectivity index (χ1v) is 9.83. The van der Waals surface area contributed by atoms with E-state index in [9.17, 15) is 9.59 Å². The Morgan fingerprint density at radius 1 is 1.10 bits per heavy atom. The van der Waals surface area contributed by atoms with Gasteiger partial charge in [-0.1, -0.05) is 23.2 Å². The number of H-pyrrole nitrogens is 2. The van der Waals surface area contributed by atoms with Gasteiger partial charge in [0.25, 0.3) is 5.56 Å². The Kier molecular flexibility index (Phi) is 4.36. The maximum absolute atomic E-state index is 12.2. The Morgan fingerprint density at radius 2 is 1.83 bits per heavy atom. The Bertz CT molecular complexity index is 1190. The molecule has 2 aliphatic rings. The molecule has 0 saturated heterocycles. The molecule has 0 radical (unpaired) electrons. The quantitative estimate of drug-likeness (QED) is 0.559. The molecule has 9 nitrogen and oxygen atoms in total. The molecular formula is C18H15Cl2N5O4. The van der Waals surface area contributed by atoms with Crippen molar-refractivity contribution in [3.63, 3.8) is 0 Å². The lowest BCUT2D eigenvalue weighted by molar-refractivity contribution is 0.441. The van der Waals surface area contributed by atoms with Crippen LogP contribution in [0.4, 0.5) is 5.69 Å². The number of hydrogen-bond acceptors (Lipinski definition) is 7. The lowest BCUT2D eigenvalue weighted by atomic mass is 9.94. The molecule has 5 rings (SSSR count). The average molecular weight is 436 g/mol. The SMILES string of the molecule is O=c1[nH]nc(CNc2cc(Cl)c(Oc3n[nH]c(=O)c4c3C3CCC4C3)c(Cl)c2)o1. The summed E-state index contributed by atoms with van der Waals surface area (Å²) < 4.78 is 10.8. The average Bonchev–Trinajstić information content (AvgIpc) is 3.41. The zero-order valence-corrected chi connectivity index (χ0v) is 16.4.